The van der Waals surface area contributed by atoms with Gasteiger partial charge < -0.3 is 10.1 Å². The van der Waals surface area contributed by atoms with E-state index in [-0.39, 0.29) is 22.4 Å². The minimum atomic E-state index is -3.63. The second-order valence-electron chi connectivity index (χ2n) is 8.40. The zero-order chi connectivity index (χ0) is 22.0. The van der Waals surface area contributed by atoms with E-state index in [0.717, 1.165) is 37.7 Å². The Kier molecular flexibility index (Phi) is 6.34. The molecule has 0 saturated carbocycles. The Morgan fingerprint density at radius 2 is 1.74 bits per heavy atom. The summed E-state index contributed by atoms with van der Waals surface area (Å²) in [5.74, 6) is 0.0109. The van der Waals surface area contributed by atoms with Crippen LogP contribution in [0.1, 0.15) is 65.7 Å². The highest BCUT2D eigenvalue weighted by molar-refractivity contribution is 7.89. The lowest BCUT2D eigenvalue weighted by Crippen LogP contribution is -2.35. The Hall–Kier alpha value is -2.38. The second-order valence-corrected chi connectivity index (χ2v) is 10.3. The summed E-state index contributed by atoms with van der Waals surface area (Å²) in [5, 5.41) is 3.01. The van der Waals surface area contributed by atoms with Crippen LogP contribution in [0.3, 0.4) is 0 Å². The molecule has 2 aromatic carbocycles. The first-order valence-electron chi connectivity index (χ1n) is 11.0. The number of nitrogens with zero attached hydrogens (tertiary/aromatic N) is 1. The van der Waals surface area contributed by atoms with Gasteiger partial charge in [-0.15, -0.1) is 0 Å². The van der Waals surface area contributed by atoms with Gasteiger partial charge in [0.25, 0.3) is 5.91 Å². The predicted molar refractivity (Wildman–Crippen MR) is 120 cm³/mol. The number of fused-ring (bicyclic) bond motifs is 1. The van der Waals surface area contributed by atoms with Crippen LogP contribution in [0.25, 0.3) is 0 Å². The highest BCUT2D eigenvalue weighted by Gasteiger charge is 2.28. The molecule has 7 heteroatoms. The quantitative estimate of drug-likeness (QED) is 0.737. The van der Waals surface area contributed by atoms with Gasteiger partial charge in [0, 0.05) is 13.1 Å². The molecule has 0 spiro atoms. The van der Waals surface area contributed by atoms with Gasteiger partial charge in [0.2, 0.25) is 10.0 Å². The standard InChI is InChI=1S/C24H30N2O4S/c1-17(19-10-9-18-7-6-8-20(18)15-19)25-24(27)22-16-21(11-12-23(22)30-2)31(28,29)26-13-4-3-5-14-26/h9-12,15-17H,3-8,13-14H2,1-2H3,(H,25,27)/t17-/m0/s1. The molecular formula is C24H30N2O4S. The smallest absolute Gasteiger partial charge is 0.255 e. The molecule has 2 aliphatic rings. The summed E-state index contributed by atoms with van der Waals surface area (Å²) in [6.07, 6.45) is 6.14. The summed E-state index contributed by atoms with van der Waals surface area (Å²) < 4.78 is 33.0. The number of aryl methyl sites for hydroxylation is 2. The third-order valence-electron chi connectivity index (χ3n) is 6.34. The van der Waals surface area contributed by atoms with Crippen LogP contribution in [-0.4, -0.2) is 38.8 Å². The maximum absolute atomic E-state index is 13.1. The number of rotatable bonds is 6. The molecule has 4 rings (SSSR count). The first kappa shape index (κ1) is 21.8. The summed E-state index contributed by atoms with van der Waals surface area (Å²) in [6, 6.07) is 10.7. The number of sulfonamides is 1. The maximum atomic E-state index is 13.1. The summed E-state index contributed by atoms with van der Waals surface area (Å²) >= 11 is 0. The molecule has 1 amide bonds. The van der Waals surface area contributed by atoms with Gasteiger partial charge in [-0.3, -0.25) is 4.79 Å². The summed E-state index contributed by atoms with van der Waals surface area (Å²) in [5.41, 5.74) is 4.02. The molecule has 0 bridgehead atoms. The van der Waals surface area contributed by atoms with E-state index in [1.165, 1.54) is 41.1 Å². The summed E-state index contributed by atoms with van der Waals surface area (Å²) in [6.45, 7) is 2.98. The van der Waals surface area contributed by atoms with E-state index < -0.39 is 10.0 Å². The van der Waals surface area contributed by atoms with Gasteiger partial charge in [0.15, 0.2) is 0 Å². The van der Waals surface area contributed by atoms with Crippen molar-refractivity contribution in [3.05, 3.63) is 58.7 Å². The van der Waals surface area contributed by atoms with E-state index >= 15 is 0 Å². The lowest BCUT2D eigenvalue weighted by molar-refractivity contribution is 0.0936. The minimum absolute atomic E-state index is 0.130. The number of amides is 1. The van der Waals surface area contributed by atoms with Crippen molar-refractivity contribution in [1.29, 1.82) is 0 Å². The zero-order valence-corrected chi connectivity index (χ0v) is 19.0. The third kappa shape index (κ3) is 4.48. The SMILES string of the molecule is COc1ccc(S(=O)(=O)N2CCCCC2)cc1C(=O)N[C@@H](C)c1ccc2c(c1)CCC2. The molecule has 2 aromatic rings. The van der Waals surface area contributed by atoms with Crippen LogP contribution in [-0.2, 0) is 22.9 Å². The van der Waals surface area contributed by atoms with Crippen LogP contribution in [0.4, 0.5) is 0 Å². The molecule has 1 heterocycles. The Morgan fingerprint density at radius 1 is 1.00 bits per heavy atom. The van der Waals surface area contributed by atoms with Gasteiger partial charge in [0.05, 0.1) is 23.6 Å². The second kappa shape index (κ2) is 9.01. The van der Waals surface area contributed by atoms with Crippen molar-refractivity contribution in [2.24, 2.45) is 0 Å². The molecule has 1 saturated heterocycles. The predicted octanol–water partition coefficient (Wildman–Crippen LogP) is 3.85. The highest BCUT2D eigenvalue weighted by Crippen LogP contribution is 2.28. The molecule has 1 atom stereocenters. The first-order chi connectivity index (χ1) is 14.9. The molecule has 6 nitrogen and oxygen atoms in total. The van der Waals surface area contributed by atoms with E-state index in [4.69, 9.17) is 4.74 Å². The van der Waals surface area contributed by atoms with Crippen LogP contribution < -0.4 is 10.1 Å². The van der Waals surface area contributed by atoms with E-state index in [9.17, 15) is 13.2 Å². The fourth-order valence-electron chi connectivity index (χ4n) is 4.50. The van der Waals surface area contributed by atoms with Gasteiger partial charge >= 0.3 is 0 Å². The fourth-order valence-corrected chi connectivity index (χ4v) is 6.04. The van der Waals surface area contributed by atoms with E-state index in [1.54, 1.807) is 6.07 Å². The number of methoxy groups -OCH3 is 1. The molecular weight excluding hydrogens is 412 g/mol. The van der Waals surface area contributed by atoms with Gasteiger partial charge in [0.1, 0.15) is 5.75 Å². The van der Waals surface area contributed by atoms with Crippen molar-refractivity contribution in [3.8, 4) is 5.75 Å². The monoisotopic (exact) mass is 442 g/mol. The van der Waals surface area contributed by atoms with E-state index in [1.807, 2.05) is 6.92 Å². The molecule has 31 heavy (non-hydrogen) atoms. The summed E-state index contributed by atoms with van der Waals surface area (Å²) in [4.78, 5) is 13.2. The Morgan fingerprint density at radius 3 is 2.48 bits per heavy atom. The van der Waals surface area contributed by atoms with E-state index in [0.29, 0.717) is 18.8 Å². The van der Waals surface area contributed by atoms with E-state index in [2.05, 4.69) is 23.5 Å². The van der Waals surface area contributed by atoms with Crippen molar-refractivity contribution in [2.75, 3.05) is 20.2 Å². The van der Waals surface area contributed by atoms with Crippen LogP contribution in [0.5, 0.6) is 5.75 Å². The van der Waals surface area contributed by atoms with Crippen molar-refractivity contribution < 1.29 is 17.9 Å². The maximum Gasteiger partial charge on any atom is 0.255 e. The molecule has 1 aliphatic carbocycles. The van der Waals surface area contributed by atoms with Gasteiger partial charge in [-0.2, -0.15) is 4.31 Å². The van der Waals surface area contributed by atoms with Crippen molar-refractivity contribution in [1.82, 2.24) is 9.62 Å². The molecule has 0 radical (unpaired) electrons. The average molecular weight is 443 g/mol. The number of hydrogen-bond acceptors (Lipinski definition) is 4. The Balaban J connectivity index is 1.57. The van der Waals surface area contributed by atoms with Gasteiger partial charge in [-0.25, -0.2) is 8.42 Å². The fraction of sp³-hybridized carbons (Fsp3) is 0.458. The largest absolute Gasteiger partial charge is 0.496 e. The molecule has 1 aliphatic heterocycles. The molecule has 1 N–H and O–H groups in total. The van der Waals surface area contributed by atoms with Crippen LogP contribution in [0.15, 0.2) is 41.3 Å². The first-order valence-corrected chi connectivity index (χ1v) is 12.4. The lowest BCUT2D eigenvalue weighted by Gasteiger charge is -2.26. The molecule has 0 aromatic heterocycles. The number of piperidine rings is 1. The van der Waals surface area contributed by atoms with Crippen LogP contribution in [0.2, 0.25) is 0 Å². The van der Waals surface area contributed by atoms with Crippen molar-refractivity contribution >= 4 is 15.9 Å². The minimum Gasteiger partial charge on any atom is -0.496 e. The number of carbonyl (C=O) groups is 1. The van der Waals surface area contributed by atoms with Crippen molar-refractivity contribution in [3.63, 3.8) is 0 Å². The summed E-state index contributed by atoms with van der Waals surface area (Å²) in [7, 11) is -2.15. The molecule has 166 valence electrons. The van der Waals surface area contributed by atoms with Gasteiger partial charge in [-0.05, 0) is 73.9 Å². The molecule has 0 unspecified atom stereocenters. The topological polar surface area (TPSA) is 75.7 Å². The normalized spacial score (nSPS) is 17.7. The Labute approximate surface area is 184 Å². The third-order valence-corrected chi connectivity index (χ3v) is 8.23. The van der Waals surface area contributed by atoms with Crippen molar-refractivity contribution in [2.45, 2.75) is 56.4 Å². The number of ether oxygens (including phenoxy) is 1. The van der Waals surface area contributed by atoms with Crippen LogP contribution in [0, 0.1) is 0 Å². The van der Waals surface area contributed by atoms with Gasteiger partial charge in [-0.1, -0.05) is 24.6 Å². The number of carbonyl (C=O) groups excluding carboxylic acids is 1. The zero-order valence-electron chi connectivity index (χ0n) is 18.2. The average Bonchev–Trinajstić information content (AvgIpc) is 3.27. The number of benzene rings is 2. The lowest BCUT2D eigenvalue weighted by atomic mass is 10.0. The molecule has 1 fully saturated rings. The highest BCUT2D eigenvalue weighted by atomic mass is 32.2. The number of hydrogen-bond donors (Lipinski definition) is 1. The Bertz CT molecular complexity index is 1070. The van der Waals surface area contributed by atoms with Crippen LogP contribution >= 0.6 is 0 Å². The number of nitrogens with one attached hydrogen (secondary N) is 1.